The van der Waals surface area contributed by atoms with Gasteiger partial charge in [0.2, 0.25) is 5.91 Å². The third kappa shape index (κ3) is 3.80. The molecule has 1 aromatic heterocycles. The van der Waals surface area contributed by atoms with Crippen LogP contribution in [0.3, 0.4) is 0 Å². The first-order chi connectivity index (χ1) is 11.1. The number of rotatable bonds is 5. The van der Waals surface area contributed by atoms with E-state index in [1.165, 1.54) is 15.6 Å². The molecule has 1 fully saturated rings. The van der Waals surface area contributed by atoms with Crippen LogP contribution in [0.2, 0.25) is 0 Å². The van der Waals surface area contributed by atoms with Crippen LogP contribution in [-0.2, 0) is 21.2 Å². The van der Waals surface area contributed by atoms with Gasteiger partial charge in [-0.05, 0) is 37.1 Å². The molecule has 2 heterocycles. The van der Waals surface area contributed by atoms with Crippen LogP contribution in [0, 0.1) is 0 Å². The Kier molecular flexibility index (Phi) is 4.79. The van der Waals surface area contributed by atoms with Gasteiger partial charge < -0.3 is 5.32 Å². The van der Waals surface area contributed by atoms with E-state index in [4.69, 9.17) is 0 Å². The third-order valence-corrected chi connectivity index (χ3v) is 7.14. The number of nitrogens with zero attached hydrogens (tertiary/aromatic N) is 1. The number of hydrogen-bond donors (Lipinski definition) is 1. The topological polar surface area (TPSA) is 66.5 Å². The second-order valence-corrected chi connectivity index (χ2v) is 8.76. The van der Waals surface area contributed by atoms with Gasteiger partial charge in [-0.1, -0.05) is 18.2 Å². The molecule has 1 saturated heterocycles. The summed E-state index contributed by atoms with van der Waals surface area (Å²) in [6.45, 7) is 1.17. The molecule has 0 aliphatic carbocycles. The molecule has 1 aliphatic heterocycles. The zero-order chi connectivity index (χ0) is 16.3. The van der Waals surface area contributed by atoms with E-state index in [2.05, 4.69) is 5.32 Å². The lowest BCUT2D eigenvalue weighted by Crippen LogP contribution is -2.27. The van der Waals surface area contributed by atoms with Crippen LogP contribution in [0.1, 0.15) is 17.7 Å². The van der Waals surface area contributed by atoms with Crippen LogP contribution in [0.25, 0.3) is 0 Å². The summed E-state index contributed by atoms with van der Waals surface area (Å²) in [6, 6.07) is 12.5. The summed E-state index contributed by atoms with van der Waals surface area (Å²) in [5.41, 5.74) is 0.735. The van der Waals surface area contributed by atoms with Gasteiger partial charge in [0.05, 0.1) is 6.42 Å². The first-order valence-corrected chi connectivity index (χ1v) is 9.75. The normalized spacial score (nSPS) is 15.7. The highest BCUT2D eigenvalue weighted by atomic mass is 32.2. The number of thiophene rings is 1. The van der Waals surface area contributed by atoms with Gasteiger partial charge in [0.25, 0.3) is 10.0 Å². The molecule has 0 radical (unpaired) electrons. The fourth-order valence-electron chi connectivity index (χ4n) is 2.53. The molecule has 1 aliphatic rings. The largest absolute Gasteiger partial charge is 0.326 e. The van der Waals surface area contributed by atoms with Gasteiger partial charge in [-0.15, -0.1) is 11.3 Å². The maximum Gasteiger partial charge on any atom is 0.252 e. The summed E-state index contributed by atoms with van der Waals surface area (Å²) in [4.78, 5) is 12.8. The van der Waals surface area contributed by atoms with E-state index < -0.39 is 10.0 Å². The van der Waals surface area contributed by atoms with Crippen molar-refractivity contribution in [3.05, 3.63) is 47.3 Å². The lowest BCUT2D eigenvalue weighted by Gasteiger charge is -2.13. The minimum absolute atomic E-state index is 0.150. The van der Waals surface area contributed by atoms with Crippen molar-refractivity contribution in [2.75, 3.05) is 18.4 Å². The molecule has 5 nitrogen and oxygen atoms in total. The number of hydrogen-bond acceptors (Lipinski definition) is 4. The Morgan fingerprint density at radius 2 is 1.78 bits per heavy atom. The van der Waals surface area contributed by atoms with E-state index >= 15 is 0 Å². The van der Waals surface area contributed by atoms with Gasteiger partial charge >= 0.3 is 0 Å². The van der Waals surface area contributed by atoms with Gasteiger partial charge in [0.15, 0.2) is 0 Å². The van der Waals surface area contributed by atoms with Crippen molar-refractivity contribution in [1.29, 1.82) is 0 Å². The van der Waals surface area contributed by atoms with Gasteiger partial charge in [-0.3, -0.25) is 4.79 Å². The number of nitrogens with one attached hydrogen (secondary N) is 1. The molecule has 1 amide bonds. The number of para-hydroxylation sites is 1. The van der Waals surface area contributed by atoms with Gasteiger partial charge in [0.1, 0.15) is 4.21 Å². The first kappa shape index (κ1) is 16.2. The molecule has 2 aromatic rings. The number of anilines is 1. The van der Waals surface area contributed by atoms with Crippen LogP contribution in [0.5, 0.6) is 0 Å². The Hall–Kier alpha value is -1.70. The smallest absolute Gasteiger partial charge is 0.252 e. The highest BCUT2D eigenvalue weighted by Gasteiger charge is 2.28. The maximum absolute atomic E-state index is 12.5. The minimum Gasteiger partial charge on any atom is -0.326 e. The molecule has 0 atom stereocenters. The molecule has 3 rings (SSSR count). The fourth-order valence-corrected chi connectivity index (χ4v) is 5.56. The van der Waals surface area contributed by atoms with Crippen molar-refractivity contribution in [3.8, 4) is 0 Å². The van der Waals surface area contributed by atoms with Gasteiger partial charge in [-0.25, -0.2) is 8.42 Å². The van der Waals surface area contributed by atoms with Crippen LogP contribution >= 0.6 is 11.3 Å². The quantitative estimate of drug-likeness (QED) is 0.902. The van der Waals surface area contributed by atoms with Crippen molar-refractivity contribution in [2.24, 2.45) is 0 Å². The van der Waals surface area contributed by atoms with E-state index in [9.17, 15) is 13.2 Å². The monoisotopic (exact) mass is 350 g/mol. The van der Waals surface area contributed by atoms with Crippen molar-refractivity contribution < 1.29 is 13.2 Å². The lowest BCUT2D eigenvalue weighted by molar-refractivity contribution is -0.115. The average Bonchev–Trinajstić information content (AvgIpc) is 3.20. The standard InChI is InChI=1S/C16H18N2O3S2/c19-15(17-13-6-2-1-3-7-13)12-14-8-9-16(22-14)23(20,21)18-10-4-5-11-18/h1-3,6-9H,4-5,10-12H2,(H,17,19). The number of carbonyl (C=O) groups excluding carboxylic acids is 1. The van der Waals surface area contributed by atoms with Gasteiger partial charge in [0, 0.05) is 23.7 Å². The molecule has 122 valence electrons. The van der Waals surface area contributed by atoms with Crippen LogP contribution in [-0.4, -0.2) is 31.7 Å². The maximum atomic E-state index is 12.5. The molecule has 23 heavy (non-hydrogen) atoms. The highest BCUT2D eigenvalue weighted by Crippen LogP contribution is 2.27. The van der Waals surface area contributed by atoms with Crippen LogP contribution in [0.15, 0.2) is 46.7 Å². The second-order valence-electron chi connectivity index (χ2n) is 5.42. The van der Waals surface area contributed by atoms with E-state index in [1.807, 2.05) is 30.3 Å². The van der Waals surface area contributed by atoms with E-state index in [-0.39, 0.29) is 12.3 Å². The van der Waals surface area contributed by atoms with Crippen molar-refractivity contribution in [2.45, 2.75) is 23.5 Å². The Morgan fingerprint density at radius 1 is 1.09 bits per heavy atom. The number of sulfonamides is 1. The van der Waals surface area contributed by atoms with Crippen molar-refractivity contribution >= 4 is 33.0 Å². The summed E-state index contributed by atoms with van der Waals surface area (Å²) >= 11 is 1.18. The summed E-state index contributed by atoms with van der Waals surface area (Å²) in [5, 5.41) is 2.80. The Balaban J connectivity index is 1.66. The molecule has 7 heteroatoms. The zero-order valence-electron chi connectivity index (χ0n) is 12.6. The molecule has 0 saturated carbocycles. The molecule has 0 bridgehead atoms. The molecular formula is C16H18N2O3S2. The molecule has 1 N–H and O–H groups in total. The Morgan fingerprint density at radius 3 is 2.48 bits per heavy atom. The third-order valence-electron chi connectivity index (χ3n) is 3.69. The highest BCUT2D eigenvalue weighted by molar-refractivity contribution is 7.91. The lowest BCUT2D eigenvalue weighted by atomic mass is 10.3. The van der Waals surface area contributed by atoms with Crippen LogP contribution in [0.4, 0.5) is 5.69 Å². The predicted octanol–water partition coefficient (Wildman–Crippen LogP) is 2.71. The number of amides is 1. The van der Waals surface area contributed by atoms with Crippen molar-refractivity contribution in [3.63, 3.8) is 0 Å². The Labute approximate surface area is 140 Å². The van der Waals surface area contributed by atoms with Crippen LogP contribution < -0.4 is 5.32 Å². The molecule has 0 unspecified atom stereocenters. The fraction of sp³-hybridized carbons (Fsp3) is 0.312. The first-order valence-electron chi connectivity index (χ1n) is 7.49. The minimum atomic E-state index is -3.39. The number of benzene rings is 1. The molecule has 1 aromatic carbocycles. The van der Waals surface area contributed by atoms with Crippen molar-refractivity contribution in [1.82, 2.24) is 4.31 Å². The van der Waals surface area contributed by atoms with E-state index in [0.29, 0.717) is 17.3 Å². The van der Waals surface area contributed by atoms with E-state index in [1.54, 1.807) is 12.1 Å². The predicted molar refractivity (Wildman–Crippen MR) is 91.1 cm³/mol. The SMILES string of the molecule is O=C(Cc1ccc(S(=O)(=O)N2CCCC2)s1)Nc1ccccc1. The number of carbonyl (C=O) groups is 1. The second kappa shape index (κ2) is 6.82. The Bertz CT molecular complexity index is 779. The summed E-state index contributed by atoms with van der Waals surface area (Å²) in [7, 11) is -3.39. The van der Waals surface area contributed by atoms with Gasteiger partial charge in [-0.2, -0.15) is 4.31 Å². The zero-order valence-corrected chi connectivity index (χ0v) is 14.2. The average molecular weight is 350 g/mol. The summed E-state index contributed by atoms with van der Waals surface area (Å²) in [5.74, 6) is -0.150. The molecular weight excluding hydrogens is 332 g/mol. The van der Waals surface area contributed by atoms with E-state index in [0.717, 1.165) is 23.4 Å². The molecule has 0 spiro atoms. The summed E-state index contributed by atoms with van der Waals surface area (Å²) < 4.78 is 26.8. The summed E-state index contributed by atoms with van der Waals surface area (Å²) in [6.07, 6.45) is 2.00.